The fourth-order valence-corrected chi connectivity index (χ4v) is 3.46. The molecule has 0 aliphatic heterocycles. The molecular weight excluding hydrogens is 254 g/mol. The first kappa shape index (κ1) is 14.9. The van der Waals surface area contributed by atoms with Crippen molar-refractivity contribution in [2.45, 2.75) is 45.6 Å². The molecule has 1 aliphatic carbocycles. The Kier molecular flexibility index (Phi) is 5.29. The Bertz CT molecular complexity index is 387. The molecule has 0 aromatic heterocycles. The molecule has 0 bridgehead atoms. The predicted octanol–water partition coefficient (Wildman–Crippen LogP) is 4.54. The van der Waals surface area contributed by atoms with Gasteiger partial charge in [0.15, 0.2) is 0 Å². The van der Waals surface area contributed by atoms with Gasteiger partial charge in [0, 0.05) is 11.1 Å². The van der Waals surface area contributed by atoms with E-state index >= 15 is 0 Å². The Labute approximate surface area is 122 Å². The van der Waals surface area contributed by atoms with Gasteiger partial charge in [0.25, 0.3) is 0 Å². The molecule has 19 heavy (non-hydrogen) atoms. The van der Waals surface area contributed by atoms with Crippen molar-refractivity contribution in [2.75, 3.05) is 7.05 Å². The van der Waals surface area contributed by atoms with E-state index in [1.807, 2.05) is 12.1 Å². The minimum atomic E-state index is 0.594. The first-order valence-corrected chi connectivity index (χ1v) is 7.89. The zero-order chi connectivity index (χ0) is 13.8. The second-order valence-corrected chi connectivity index (χ2v) is 6.69. The zero-order valence-electron chi connectivity index (χ0n) is 12.3. The summed E-state index contributed by atoms with van der Waals surface area (Å²) < 4.78 is 0. The molecule has 2 heteroatoms. The average Bonchev–Trinajstić information content (AvgIpc) is 2.41. The lowest BCUT2D eigenvalue weighted by atomic mass is 9.72. The van der Waals surface area contributed by atoms with Crippen molar-refractivity contribution in [1.29, 1.82) is 0 Å². The summed E-state index contributed by atoms with van der Waals surface area (Å²) in [6, 6.07) is 8.89. The summed E-state index contributed by atoms with van der Waals surface area (Å²) in [4.78, 5) is 0. The SMILES string of the molecule is CNC(Cc1ccc(Cl)cc1)C1CCC(C)C(C)C1. The van der Waals surface area contributed by atoms with Crippen LogP contribution in [-0.4, -0.2) is 13.1 Å². The molecule has 0 saturated heterocycles. The highest BCUT2D eigenvalue weighted by Crippen LogP contribution is 2.35. The van der Waals surface area contributed by atoms with Crippen molar-refractivity contribution in [3.8, 4) is 0 Å². The number of nitrogens with one attached hydrogen (secondary N) is 1. The van der Waals surface area contributed by atoms with Gasteiger partial charge >= 0.3 is 0 Å². The fourth-order valence-electron chi connectivity index (χ4n) is 3.33. The summed E-state index contributed by atoms with van der Waals surface area (Å²) in [5.41, 5.74) is 1.38. The molecule has 0 radical (unpaired) electrons. The first-order valence-electron chi connectivity index (χ1n) is 7.52. The van der Waals surface area contributed by atoms with Crippen molar-refractivity contribution >= 4 is 11.6 Å². The van der Waals surface area contributed by atoms with E-state index in [-0.39, 0.29) is 0 Å². The summed E-state index contributed by atoms with van der Waals surface area (Å²) in [5.74, 6) is 2.57. The van der Waals surface area contributed by atoms with Gasteiger partial charge in [-0.05, 0) is 61.8 Å². The number of rotatable bonds is 4. The minimum Gasteiger partial charge on any atom is -0.316 e. The lowest BCUT2D eigenvalue weighted by Gasteiger charge is -2.36. The molecule has 4 atom stereocenters. The highest BCUT2D eigenvalue weighted by atomic mass is 35.5. The predicted molar refractivity (Wildman–Crippen MR) is 83.7 cm³/mol. The molecule has 106 valence electrons. The standard InChI is InChI=1S/C17H26ClN/c1-12-4-7-15(10-13(12)2)17(19-3)11-14-5-8-16(18)9-6-14/h5-6,8-9,12-13,15,17,19H,4,7,10-11H2,1-3H3. The fraction of sp³-hybridized carbons (Fsp3) is 0.647. The zero-order valence-corrected chi connectivity index (χ0v) is 13.1. The van der Waals surface area contributed by atoms with E-state index in [0.29, 0.717) is 6.04 Å². The van der Waals surface area contributed by atoms with Crippen LogP contribution in [0, 0.1) is 17.8 Å². The van der Waals surface area contributed by atoms with E-state index in [4.69, 9.17) is 11.6 Å². The molecule has 1 aromatic rings. The van der Waals surface area contributed by atoms with E-state index in [9.17, 15) is 0 Å². The minimum absolute atomic E-state index is 0.594. The number of hydrogen-bond donors (Lipinski definition) is 1. The van der Waals surface area contributed by atoms with Crippen molar-refractivity contribution in [3.05, 3.63) is 34.9 Å². The smallest absolute Gasteiger partial charge is 0.0406 e. The number of likely N-dealkylation sites (N-methyl/N-ethyl adjacent to an activating group) is 1. The maximum Gasteiger partial charge on any atom is 0.0406 e. The van der Waals surface area contributed by atoms with Gasteiger partial charge in [0.05, 0.1) is 0 Å². The lowest BCUT2D eigenvalue weighted by molar-refractivity contribution is 0.173. The van der Waals surface area contributed by atoms with Gasteiger partial charge in [0.1, 0.15) is 0 Å². The van der Waals surface area contributed by atoms with E-state index < -0.39 is 0 Å². The van der Waals surface area contributed by atoms with Gasteiger partial charge in [-0.25, -0.2) is 0 Å². The Morgan fingerprint density at radius 3 is 2.42 bits per heavy atom. The molecule has 4 unspecified atom stereocenters. The monoisotopic (exact) mass is 279 g/mol. The molecule has 0 spiro atoms. The Balaban J connectivity index is 1.98. The third-order valence-electron chi connectivity index (χ3n) is 4.95. The van der Waals surface area contributed by atoms with Gasteiger partial charge < -0.3 is 5.32 Å². The molecule has 1 aromatic carbocycles. The van der Waals surface area contributed by atoms with Crippen LogP contribution < -0.4 is 5.32 Å². The summed E-state index contributed by atoms with van der Waals surface area (Å²) >= 11 is 5.95. The molecule has 1 fully saturated rings. The van der Waals surface area contributed by atoms with Crippen molar-refractivity contribution in [2.24, 2.45) is 17.8 Å². The van der Waals surface area contributed by atoms with E-state index in [1.165, 1.54) is 24.8 Å². The number of halogens is 1. The van der Waals surface area contributed by atoms with Crippen molar-refractivity contribution in [3.63, 3.8) is 0 Å². The van der Waals surface area contributed by atoms with Crippen molar-refractivity contribution in [1.82, 2.24) is 5.32 Å². The van der Waals surface area contributed by atoms with Crippen molar-refractivity contribution < 1.29 is 0 Å². The molecule has 1 aliphatic rings. The third-order valence-corrected chi connectivity index (χ3v) is 5.20. The molecule has 2 rings (SSSR count). The van der Waals surface area contributed by atoms with Crippen LogP contribution in [0.3, 0.4) is 0 Å². The molecule has 1 nitrogen and oxygen atoms in total. The van der Waals surface area contributed by atoms with Gasteiger partial charge in [0.2, 0.25) is 0 Å². The van der Waals surface area contributed by atoms with Crippen LogP contribution in [0.4, 0.5) is 0 Å². The second kappa shape index (κ2) is 6.76. The molecule has 0 heterocycles. The third kappa shape index (κ3) is 3.97. The summed E-state index contributed by atoms with van der Waals surface area (Å²) in [5, 5.41) is 4.36. The molecule has 0 amide bonds. The molecular formula is C17H26ClN. The lowest BCUT2D eigenvalue weighted by Crippen LogP contribution is -2.39. The Morgan fingerprint density at radius 1 is 1.16 bits per heavy atom. The number of hydrogen-bond acceptors (Lipinski definition) is 1. The largest absolute Gasteiger partial charge is 0.316 e. The van der Waals surface area contributed by atoms with Gasteiger partial charge in [-0.2, -0.15) is 0 Å². The van der Waals surface area contributed by atoms with Crippen LogP contribution in [0.25, 0.3) is 0 Å². The average molecular weight is 280 g/mol. The van der Waals surface area contributed by atoms with E-state index in [2.05, 4.69) is 38.3 Å². The summed E-state index contributed by atoms with van der Waals surface area (Å²) in [6.45, 7) is 4.81. The quantitative estimate of drug-likeness (QED) is 0.853. The Morgan fingerprint density at radius 2 is 1.84 bits per heavy atom. The second-order valence-electron chi connectivity index (χ2n) is 6.25. The van der Waals surface area contributed by atoms with Crippen LogP contribution in [-0.2, 0) is 6.42 Å². The molecule has 1 N–H and O–H groups in total. The normalized spacial score (nSPS) is 29.2. The number of benzene rings is 1. The van der Waals surface area contributed by atoms with E-state index in [1.54, 1.807) is 0 Å². The van der Waals surface area contributed by atoms with Crippen LogP contribution in [0.1, 0.15) is 38.7 Å². The van der Waals surface area contributed by atoms with Crippen LogP contribution >= 0.6 is 11.6 Å². The summed E-state index contributed by atoms with van der Waals surface area (Å²) in [7, 11) is 2.10. The van der Waals surface area contributed by atoms with Gasteiger partial charge in [-0.15, -0.1) is 0 Å². The maximum absolute atomic E-state index is 5.95. The summed E-state index contributed by atoms with van der Waals surface area (Å²) in [6.07, 6.45) is 5.22. The topological polar surface area (TPSA) is 12.0 Å². The van der Waals surface area contributed by atoms with Gasteiger partial charge in [-0.3, -0.25) is 0 Å². The van der Waals surface area contributed by atoms with Crippen LogP contribution in [0.2, 0.25) is 5.02 Å². The van der Waals surface area contributed by atoms with Crippen LogP contribution in [0.15, 0.2) is 24.3 Å². The first-order chi connectivity index (χ1) is 9.10. The molecule has 1 saturated carbocycles. The highest BCUT2D eigenvalue weighted by molar-refractivity contribution is 6.30. The highest BCUT2D eigenvalue weighted by Gasteiger charge is 2.29. The Hall–Kier alpha value is -0.530. The van der Waals surface area contributed by atoms with E-state index in [0.717, 1.165) is 29.2 Å². The van der Waals surface area contributed by atoms with Crippen LogP contribution in [0.5, 0.6) is 0 Å². The van der Waals surface area contributed by atoms with Gasteiger partial charge in [-0.1, -0.05) is 44.0 Å². The maximum atomic E-state index is 5.95.